The van der Waals surface area contributed by atoms with Gasteiger partial charge < -0.3 is 40.7 Å². The zero-order valence-corrected chi connectivity index (χ0v) is 26.1. The predicted molar refractivity (Wildman–Crippen MR) is 176 cm³/mol. The van der Waals surface area contributed by atoms with Gasteiger partial charge in [-0.15, -0.1) is 0 Å². The molecule has 1 aliphatic carbocycles. The van der Waals surface area contributed by atoms with Crippen LogP contribution >= 0.6 is 0 Å². The van der Waals surface area contributed by atoms with Crippen molar-refractivity contribution in [2.75, 3.05) is 69.6 Å². The van der Waals surface area contributed by atoms with Gasteiger partial charge in [0.15, 0.2) is 0 Å². The van der Waals surface area contributed by atoms with Crippen molar-refractivity contribution in [1.29, 1.82) is 0 Å². The molecule has 10 nitrogen and oxygen atoms in total. The van der Waals surface area contributed by atoms with Crippen molar-refractivity contribution in [2.45, 2.75) is 40.0 Å². The van der Waals surface area contributed by atoms with Crippen LogP contribution < -0.4 is 30.9 Å². The molecule has 1 aromatic rings. The number of carbonyl (C=O) groups is 1. The number of anilines is 3. The Morgan fingerprint density at radius 2 is 1.95 bits per heavy atom. The third-order valence-corrected chi connectivity index (χ3v) is 7.26. The Labute approximate surface area is 251 Å². The molecule has 0 saturated carbocycles. The van der Waals surface area contributed by atoms with E-state index >= 15 is 0 Å². The number of carbonyl (C=O) groups excluding carboxylic acids is 1. The van der Waals surface area contributed by atoms with Crippen molar-refractivity contribution in [2.24, 2.45) is 4.99 Å². The lowest BCUT2D eigenvalue weighted by Crippen LogP contribution is -2.35. The van der Waals surface area contributed by atoms with Crippen LogP contribution in [0.25, 0.3) is 0 Å². The molecule has 42 heavy (non-hydrogen) atoms. The van der Waals surface area contributed by atoms with Crippen LogP contribution in [0.4, 0.5) is 17.1 Å². The Morgan fingerprint density at radius 3 is 2.64 bits per heavy atom. The van der Waals surface area contributed by atoms with E-state index in [1.54, 1.807) is 7.11 Å². The maximum absolute atomic E-state index is 12.4. The number of benzene rings is 1. The van der Waals surface area contributed by atoms with Crippen LogP contribution in [0.5, 0.6) is 5.75 Å². The number of hydrogen-bond acceptors (Lipinski definition) is 9. The first-order chi connectivity index (χ1) is 20.3. The number of allylic oxidation sites excluding steroid dienone is 4. The number of ether oxygens (including phenoxy) is 1. The molecule has 1 aromatic carbocycles. The zero-order chi connectivity index (χ0) is 30.5. The van der Waals surface area contributed by atoms with E-state index in [0.29, 0.717) is 29.6 Å². The molecule has 228 valence electrons. The SMILES string of the molecule is C=CC(=O)Nc1cc(NC2=NCN(C)C(NC3=C(N/C=C\CC)CCC=C3)=C2)c(OC)cc1N(C)CCN(CC)CC. The van der Waals surface area contributed by atoms with E-state index in [1.165, 1.54) is 6.08 Å². The minimum Gasteiger partial charge on any atom is -0.494 e. The van der Waals surface area contributed by atoms with Crippen molar-refractivity contribution >= 4 is 28.8 Å². The molecule has 2 aliphatic rings. The van der Waals surface area contributed by atoms with Gasteiger partial charge in [-0.3, -0.25) is 4.79 Å². The molecule has 0 radical (unpaired) electrons. The Morgan fingerprint density at radius 1 is 1.17 bits per heavy atom. The van der Waals surface area contributed by atoms with E-state index in [9.17, 15) is 4.79 Å². The van der Waals surface area contributed by atoms with Gasteiger partial charge in [0.1, 0.15) is 24.1 Å². The highest BCUT2D eigenvalue weighted by atomic mass is 16.5. The number of aliphatic imine (C=N–C) groups is 1. The molecule has 1 heterocycles. The predicted octanol–water partition coefficient (Wildman–Crippen LogP) is 4.82. The summed E-state index contributed by atoms with van der Waals surface area (Å²) in [6.45, 7) is 14.2. The maximum Gasteiger partial charge on any atom is 0.247 e. The second kappa shape index (κ2) is 16.3. The number of nitrogens with one attached hydrogen (secondary N) is 4. The van der Waals surface area contributed by atoms with Crippen LogP contribution in [0, 0.1) is 0 Å². The molecule has 0 spiro atoms. The first-order valence-corrected chi connectivity index (χ1v) is 14.7. The highest BCUT2D eigenvalue weighted by Gasteiger charge is 2.19. The smallest absolute Gasteiger partial charge is 0.247 e. The van der Waals surface area contributed by atoms with E-state index in [-0.39, 0.29) is 5.91 Å². The van der Waals surface area contributed by atoms with Crippen LogP contribution in [0.15, 0.2) is 77.5 Å². The average molecular weight is 577 g/mol. The van der Waals surface area contributed by atoms with Gasteiger partial charge in [-0.25, -0.2) is 4.99 Å². The monoisotopic (exact) mass is 576 g/mol. The quantitative estimate of drug-likeness (QED) is 0.221. The summed E-state index contributed by atoms with van der Waals surface area (Å²) in [4.78, 5) is 23.6. The van der Waals surface area contributed by atoms with Gasteiger partial charge in [-0.05, 0) is 56.8 Å². The lowest BCUT2D eigenvalue weighted by Gasteiger charge is -2.29. The summed E-state index contributed by atoms with van der Waals surface area (Å²) in [6, 6.07) is 3.83. The molecular weight excluding hydrogens is 528 g/mol. The van der Waals surface area contributed by atoms with Crippen LogP contribution in [0.1, 0.15) is 40.0 Å². The van der Waals surface area contributed by atoms with Crippen molar-refractivity contribution in [3.8, 4) is 5.75 Å². The van der Waals surface area contributed by atoms with E-state index < -0.39 is 0 Å². The van der Waals surface area contributed by atoms with Crippen LogP contribution in [-0.4, -0.2) is 75.6 Å². The van der Waals surface area contributed by atoms with Gasteiger partial charge in [0.25, 0.3) is 0 Å². The Balaban J connectivity index is 1.88. The second-order valence-electron chi connectivity index (χ2n) is 10.2. The molecule has 0 unspecified atom stereocenters. The lowest BCUT2D eigenvalue weighted by atomic mass is 10.1. The number of nitrogens with zero attached hydrogens (tertiary/aromatic N) is 4. The zero-order valence-electron chi connectivity index (χ0n) is 26.1. The standard InChI is InChI=1S/C32H48N8O2/c1-8-12-17-33-24-15-13-14-16-25(24)36-31-22-30(34-23-39(31)6)35-27-20-26(37-32(41)9-2)28(21-29(27)42-7)38(5)18-19-40(10-3)11-4/h9,12,14,16-17,20-22,33,36H,2,8,10-11,13,15,18-19,23H2,1,3-7H3,(H,34,35)(H,37,41)/b17-12-. The van der Waals surface area contributed by atoms with E-state index in [1.807, 2.05) is 38.5 Å². The van der Waals surface area contributed by atoms with Crippen molar-refractivity contribution in [3.05, 3.63) is 72.5 Å². The summed E-state index contributed by atoms with van der Waals surface area (Å²) < 4.78 is 5.80. The van der Waals surface area contributed by atoms with Crippen molar-refractivity contribution in [1.82, 2.24) is 20.4 Å². The normalized spacial score (nSPS) is 15.0. The van der Waals surface area contributed by atoms with Gasteiger partial charge in [0, 0.05) is 45.0 Å². The molecule has 0 saturated heterocycles. The number of methoxy groups -OCH3 is 1. The molecule has 3 rings (SSSR count). The fourth-order valence-electron chi connectivity index (χ4n) is 4.62. The van der Waals surface area contributed by atoms with Gasteiger partial charge >= 0.3 is 0 Å². The number of amidine groups is 1. The largest absolute Gasteiger partial charge is 0.494 e. The Kier molecular flexibility index (Phi) is 12.6. The lowest BCUT2D eigenvalue weighted by molar-refractivity contribution is -0.111. The van der Waals surface area contributed by atoms with Crippen LogP contribution in [0.2, 0.25) is 0 Å². The topological polar surface area (TPSA) is 96.5 Å². The van der Waals surface area contributed by atoms with Crippen LogP contribution in [0.3, 0.4) is 0 Å². The second-order valence-corrected chi connectivity index (χ2v) is 10.2. The Hall–Kier alpha value is -4.18. The molecule has 4 N–H and O–H groups in total. The number of likely N-dealkylation sites (N-methyl/N-ethyl adjacent to an activating group) is 2. The first-order valence-electron chi connectivity index (χ1n) is 14.7. The summed E-state index contributed by atoms with van der Waals surface area (Å²) in [7, 11) is 5.67. The summed E-state index contributed by atoms with van der Waals surface area (Å²) >= 11 is 0. The molecule has 0 bridgehead atoms. The minimum absolute atomic E-state index is 0.278. The number of amides is 1. The number of rotatable bonds is 15. The van der Waals surface area contributed by atoms with Gasteiger partial charge in [0.2, 0.25) is 5.91 Å². The van der Waals surface area contributed by atoms with Crippen molar-refractivity contribution in [3.63, 3.8) is 0 Å². The summed E-state index contributed by atoms with van der Waals surface area (Å²) in [5, 5.41) is 13.4. The average Bonchev–Trinajstić information content (AvgIpc) is 3.00. The highest BCUT2D eigenvalue weighted by molar-refractivity contribution is 6.07. The van der Waals surface area contributed by atoms with Gasteiger partial charge in [-0.2, -0.15) is 0 Å². The van der Waals surface area contributed by atoms with E-state index in [4.69, 9.17) is 9.73 Å². The third-order valence-electron chi connectivity index (χ3n) is 7.26. The highest BCUT2D eigenvalue weighted by Crippen LogP contribution is 2.37. The van der Waals surface area contributed by atoms with Crippen LogP contribution in [-0.2, 0) is 4.79 Å². The van der Waals surface area contributed by atoms with Crippen molar-refractivity contribution < 1.29 is 9.53 Å². The fraction of sp³-hybridized carbons (Fsp3) is 0.438. The fourth-order valence-corrected chi connectivity index (χ4v) is 4.62. The molecular formula is C32H48N8O2. The molecule has 10 heteroatoms. The summed E-state index contributed by atoms with van der Waals surface area (Å²) in [5.41, 5.74) is 4.40. The molecule has 0 aromatic heterocycles. The summed E-state index contributed by atoms with van der Waals surface area (Å²) in [5.74, 6) is 1.96. The van der Waals surface area contributed by atoms with E-state index in [2.05, 4.69) is 81.5 Å². The minimum atomic E-state index is -0.278. The molecule has 0 fully saturated rings. The summed E-state index contributed by atoms with van der Waals surface area (Å²) in [6.07, 6.45) is 14.6. The first kappa shape index (κ1) is 32.3. The molecule has 1 amide bonds. The molecule has 0 atom stereocenters. The maximum atomic E-state index is 12.4. The Bertz CT molecular complexity index is 1240. The van der Waals surface area contributed by atoms with Gasteiger partial charge in [-0.1, -0.05) is 39.5 Å². The third kappa shape index (κ3) is 8.91. The van der Waals surface area contributed by atoms with Gasteiger partial charge in [0.05, 0.1) is 29.9 Å². The number of hydrogen-bond donors (Lipinski definition) is 4. The van der Waals surface area contributed by atoms with E-state index in [0.717, 1.165) is 68.3 Å². The molecule has 1 aliphatic heterocycles.